The number of para-hydroxylation sites is 3. The smallest absolute Gasteiger partial charge is 0.256 e. The maximum Gasteiger partial charge on any atom is 0.256 e. The molecule has 19 aromatic carbocycles. The second kappa shape index (κ2) is 29.8. The summed E-state index contributed by atoms with van der Waals surface area (Å²) in [5, 5.41) is 4.68. The van der Waals surface area contributed by atoms with Gasteiger partial charge >= 0.3 is 0 Å². The van der Waals surface area contributed by atoms with E-state index < -0.39 is 5.41 Å². The summed E-state index contributed by atoms with van der Waals surface area (Å²) >= 11 is 0. The highest BCUT2D eigenvalue weighted by Crippen LogP contribution is 2.66. The molecule has 0 saturated heterocycles. The van der Waals surface area contributed by atoms with Crippen LogP contribution in [0.3, 0.4) is 0 Å². The Morgan fingerprint density at radius 2 is 0.647 bits per heavy atom. The third kappa shape index (κ3) is 12.1. The molecule has 0 bridgehead atoms. The summed E-state index contributed by atoms with van der Waals surface area (Å²) in [5.41, 5.74) is 46.1. The highest BCUT2D eigenvalue weighted by Gasteiger charge is 2.54. The van der Waals surface area contributed by atoms with Crippen LogP contribution in [0.25, 0.3) is 116 Å². The number of ether oxygens (including phenoxy) is 1. The number of nitrogens with zero attached hydrogens (tertiary/aromatic N) is 4. The molecule has 0 N–H and O–H groups in total. The van der Waals surface area contributed by atoms with Gasteiger partial charge in [-0.25, -0.2) is 0 Å². The van der Waals surface area contributed by atoms with Crippen LogP contribution in [-0.2, 0) is 27.1 Å². The van der Waals surface area contributed by atoms with E-state index in [9.17, 15) is 0 Å². The van der Waals surface area contributed by atoms with Gasteiger partial charge in [0, 0.05) is 78.6 Å². The molecule has 4 aliphatic heterocycles. The second-order valence-corrected chi connectivity index (χ2v) is 42.6. The molecular weight excluding hydrogens is 1640 g/mol. The van der Waals surface area contributed by atoms with Gasteiger partial charge in [0.1, 0.15) is 11.5 Å². The van der Waals surface area contributed by atoms with Crippen molar-refractivity contribution in [2.45, 2.75) is 110 Å². The zero-order valence-electron chi connectivity index (χ0n) is 79.0. The quantitative estimate of drug-likeness (QED) is 0.134. The van der Waals surface area contributed by atoms with Crippen LogP contribution in [0, 0.1) is 0 Å². The lowest BCUT2D eigenvalue weighted by molar-refractivity contribution is 0.488. The van der Waals surface area contributed by atoms with Crippen molar-refractivity contribution in [3.05, 3.63) is 445 Å². The number of rotatable bonds is 9. The normalized spacial score (nSPS) is 13.9. The van der Waals surface area contributed by atoms with Crippen LogP contribution in [0.2, 0.25) is 0 Å². The first-order valence-corrected chi connectivity index (χ1v) is 48.4. The van der Waals surface area contributed by atoms with Crippen molar-refractivity contribution in [2.75, 3.05) is 14.7 Å². The molecular formula is C129H102B2N4O. The molecule has 6 aliphatic rings. The summed E-state index contributed by atoms with van der Waals surface area (Å²) in [7, 11) is 0. The van der Waals surface area contributed by atoms with E-state index in [0.717, 1.165) is 151 Å². The Hall–Kier alpha value is -15.4. The molecule has 0 saturated carbocycles. The molecule has 26 rings (SSSR count). The van der Waals surface area contributed by atoms with Gasteiger partial charge in [-0.2, -0.15) is 0 Å². The van der Waals surface area contributed by atoms with Crippen molar-refractivity contribution in [3.63, 3.8) is 0 Å². The maximum atomic E-state index is 8.35. The molecule has 0 fully saturated rings. The van der Waals surface area contributed by atoms with Gasteiger partial charge in [0.2, 0.25) is 0 Å². The van der Waals surface area contributed by atoms with Crippen LogP contribution in [0.4, 0.5) is 51.2 Å². The lowest BCUT2D eigenvalue weighted by Gasteiger charge is -2.46. The van der Waals surface area contributed by atoms with Gasteiger partial charge in [-0.1, -0.05) is 380 Å². The van der Waals surface area contributed by atoms with E-state index in [4.69, 9.17) is 4.74 Å². The predicted octanol–water partition coefficient (Wildman–Crippen LogP) is 30.3. The lowest BCUT2D eigenvalue weighted by atomic mass is 9.30. The molecule has 0 unspecified atom stereocenters. The van der Waals surface area contributed by atoms with E-state index in [1.165, 1.54) is 105 Å². The zero-order valence-corrected chi connectivity index (χ0v) is 79.0. The van der Waals surface area contributed by atoms with E-state index in [1.807, 2.05) is 0 Å². The van der Waals surface area contributed by atoms with Crippen molar-refractivity contribution in [2.24, 2.45) is 0 Å². The van der Waals surface area contributed by atoms with Gasteiger partial charge in [-0.05, 0) is 257 Å². The van der Waals surface area contributed by atoms with Gasteiger partial charge < -0.3 is 24.0 Å². The number of hydrogen-bond donors (Lipinski definition) is 0. The van der Waals surface area contributed by atoms with Crippen molar-refractivity contribution < 1.29 is 4.74 Å². The zero-order chi connectivity index (χ0) is 91.9. The van der Waals surface area contributed by atoms with Gasteiger partial charge in [0.15, 0.2) is 0 Å². The van der Waals surface area contributed by atoms with E-state index in [-0.39, 0.29) is 35.1 Å². The average Bonchev–Trinajstić information content (AvgIpc) is 1.01. The first-order chi connectivity index (χ1) is 66.0. The van der Waals surface area contributed by atoms with Crippen LogP contribution in [-0.4, -0.2) is 18.0 Å². The Morgan fingerprint density at radius 3 is 1.14 bits per heavy atom. The molecule has 650 valence electrons. The molecule has 0 atom stereocenters. The maximum absolute atomic E-state index is 8.35. The molecule has 5 nitrogen and oxygen atoms in total. The van der Waals surface area contributed by atoms with Gasteiger partial charge in [0.25, 0.3) is 13.4 Å². The number of aromatic nitrogens is 1. The fraction of sp³-hybridized carbons (Fsp3) is 0.132. The van der Waals surface area contributed by atoms with Crippen molar-refractivity contribution >= 4 is 130 Å². The summed E-state index contributed by atoms with van der Waals surface area (Å²) in [5.74, 6) is 1.65. The average molecular weight is 1750 g/mol. The van der Waals surface area contributed by atoms with Crippen LogP contribution in [0.5, 0.6) is 11.5 Å². The summed E-state index contributed by atoms with van der Waals surface area (Å²) in [6.45, 7) is 27.6. The van der Waals surface area contributed by atoms with Gasteiger partial charge in [-0.3, -0.25) is 0 Å². The minimum absolute atomic E-state index is 0.107. The van der Waals surface area contributed by atoms with Crippen LogP contribution < -0.4 is 52.2 Å². The molecule has 136 heavy (non-hydrogen) atoms. The largest absolute Gasteiger partial charge is 0.458 e. The second-order valence-electron chi connectivity index (χ2n) is 42.6. The highest BCUT2D eigenvalue weighted by atomic mass is 16.5. The molecule has 1 aromatic heterocycles. The minimum atomic E-state index is -0.586. The monoisotopic (exact) mass is 1740 g/mol. The highest BCUT2D eigenvalue weighted by molar-refractivity contribution is 7.03. The topological polar surface area (TPSA) is 23.9 Å². The van der Waals surface area contributed by atoms with Crippen LogP contribution in [0.15, 0.2) is 400 Å². The Morgan fingerprint density at radius 1 is 0.235 bits per heavy atom. The molecule has 0 amide bonds. The van der Waals surface area contributed by atoms with E-state index in [0.29, 0.717) is 0 Å². The number of benzene rings is 19. The van der Waals surface area contributed by atoms with Crippen molar-refractivity contribution in [1.82, 2.24) is 4.57 Å². The number of hydrogen-bond acceptors (Lipinski definition) is 4. The van der Waals surface area contributed by atoms with Crippen molar-refractivity contribution in [1.29, 1.82) is 0 Å². The standard InChI is InChI=1S/C129H102B2N4O/c1-125(2,3)85-62-65-110-101(69-85)102-70-86(126(4,5)6)63-66-111(102)133(110)90-75-115-120-116(76-90)134(122-97(79-39-18-13-19-40-79)71-87(127(7,8)9)72-98(122)80-41-20-14-21-42-80)112-59-36-34-57-106(112)130(120)108-77-109-117(78-114(108)132(115)89-47-26-17-27-48-89)136-118-68-84-67-83(91-52-38-53-96-95-51-30-33-56-105(95)129(119(91)96)103-54-31-28-49-93(103)94-50-29-32-55-104(94)129)61-64-92(84)124-121(118)131(109)107-58-35-37-60-113(107)135(124)123-99(81-43-22-15-23-44-81)73-88(128(10,11)12)74-100(123)82-45-24-16-25-46-82/h13-78H,1-12H3. The third-order valence-corrected chi connectivity index (χ3v) is 30.6. The van der Waals surface area contributed by atoms with Gasteiger partial charge in [-0.15, -0.1) is 0 Å². The predicted molar refractivity (Wildman–Crippen MR) is 576 cm³/mol. The minimum Gasteiger partial charge on any atom is -0.458 e. The summed E-state index contributed by atoms with van der Waals surface area (Å²) in [4.78, 5) is 7.99. The van der Waals surface area contributed by atoms with Crippen molar-refractivity contribution in [3.8, 4) is 95.1 Å². The molecule has 1 spiro atoms. The first-order valence-electron chi connectivity index (χ1n) is 48.4. The third-order valence-electron chi connectivity index (χ3n) is 30.6. The van der Waals surface area contributed by atoms with Crippen LogP contribution >= 0.6 is 0 Å². The fourth-order valence-electron chi connectivity index (χ4n) is 24.1. The Labute approximate surface area is 798 Å². The van der Waals surface area contributed by atoms with Crippen LogP contribution in [0.1, 0.15) is 128 Å². The van der Waals surface area contributed by atoms with E-state index >= 15 is 0 Å². The molecule has 7 heteroatoms. The summed E-state index contributed by atoms with van der Waals surface area (Å²) in [6.07, 6.45) is 0. The summed E-state index contributed by atoms with van der Waals surface area (Å²) < 4.78 is 10.9. The summed E-state index contributed by atoms with van der Waals surface area (Å²) in [6, 6.07) is 154. The van der Waals surface area contributed by atoms with E-state index in [2.05, 4.69) is 503 Å². The van der Waals surface area contributed by atoms with E-state index in [1.54, 1.807) is 0 Å². The molecule has 5 heterocycles. The molecule has 20 aromatic rings. The van der Waals surface area contributed by atoms with Gasteiger partial charge in [0.05, 0.1) is 39.2 Å². The Kier molecular flexibility index (Phi) is 17.8. The lowest BCUT2D eigenvalue weighted by Crippen LogP contribution is -2.64. The Bertz CT molecular complexity index is 8180. The SMILES string of the molecule is CC(C)(C)c1cc(-c2ccccc2)c(N2c3ccccc3B3c4cc5c(cc4N(c4ccccc4)c4cc(-n6c7ccc(C(C)(C)C)cc7c7cc(C(C)(C)C)ccc76)cc2c43)Oc2cc3cc(-c4cccc6c4C4(c7ccccc7-c7ccccc74)c4ccccc4-6)ccc3c3c2B5c2ccccc2N3c2c(-c3ccccc3)cc(C(C)(C)C)cc2-c2ccccc2)c(-c2ccccc2)c1. The molecule has 2 aliphatic carbocycles. The number of fused-ring (bicyclic) bond motifs is 23. The number of anilines is 9. The molecule has 0 radical (unpaired) electrons. The first kappa shape index (κ1) is 81.3. The fourth-order valence-corrected chi connectivity index (χ4v) is 24.1. The Balaban J connectivity index is 0.771.